The molecule has 0 saturated heterocycles. The third-order valence-corrected chi connectivity index (χ3v) is 5.04. The molecule has 3 rings (SSSR count). The van der Waals surface area contributed by atoms with E-state index in [9.17, 15) is 4.79 Å². The molecule has 2 N–H and O–H groups in total. The van der Waals surface area contributed by atoms with Gasteiger partial charge in [0.15, 0.2) is 0 Å². The van der Waals surface area contributed by atoms with E-state index in [-0.39, 0.29) is 12.1 Å². The summed E-state index contributed by atoms with van der Waals surface area (Å²) in [5.41, 5.74) is 2.84. The zero-order valence-corrected chi connectivity index (χ0v) is 18.0. The van der Waals surface area contributed by atoms with Crippen molar-refractivity contribution < 1.29 is 14.3 Å². The number of hydrogen-bond acceptors (Lipinski definition) is 4. The molecule has 7 nitrogen and oxygen atoms in total. The molecule has 2 aromatic carbocycles. The maximum Gasteiger partial charge on any atom is 0.316 e. The number of hydrogen-bond donors (Lipinski definition) is 2. The molecule has 0 aliphatic rings. The molecule has 0 saturated carbocycles. The van der Waals surface area contributed by atoms with E-state index in [1.54, 1.807) is 20.4 Å². The van der Waals surface area contributed by atoms with E-state index in [1.165, 1.54) is 0 Å². The molecule has 7 heteroatoms. The summed E-state index contributed by atoms with van der Waals surface area (Å²) in [6.45, 7) is 3.93. The first-order valence-electron chi connectivity index (χ1n) is 9.76. The number of carbonyl (C=O) groups excluding carboxylic acids is 1. The summed E-state index contributed by atoms with van der Waals surface area (Å²) in [6.07, 6.45) is 3.55. The summed E-state index contributed by atoms with van der Waals surface area (Å²) in [6, 6.07) is 12.5. The average Bonchev–Trinajstić information content (AvgIpc) is 3.17. The van der Waals surface area contributed by atoms with Crippen LogP contribution in [0, 0.1) is 6.92 Å². The van der Waals surface area contributed by atoms with Crippen molar-refractivity contribution in [2.45, 2.75) is 25.9 Å². The van der Waals surface area contributed by atoms with Gasteiger partial charge in [-0.1, -0.05) is 35.9 Å². The van der Waals surface area contributed by atoms with Crippen molar-refractivity contribution in [3.8, 4) is 11.5 Å². The molecule has 158 valence electrons. The van der Waals surface area contributed by atoms with Gasteiger partial charge in [0.05, 0.1) is 20.3 Å². The standard InChI is InChI=1S/C23H28N4O3/c1-15-10-11-20(30-5)18(14-15)16(2)25-23(28)26-21(22-24-12-13-27(22)3)17-8-6-7-9-19(17)29-4/h6-14,16,21H,1-5H3,(H2,25,26,28)/t16-,21+/m0/s1. The highest BCUT2D eigenvalue weighted by atomic mass is 16.5. The minimum atomic E-state index is -0.479. The molecule has 0 radical (unpaired) electrons. The van der Waals surface area contributed by atoms with Gasteiger partial charge in [-0.3, -0.25) is 0 Å². The minimum absolute atomic E-state index is 0.250. The molecule has 3 aromatic rings. The van der Waals surface area contributed by atoms with E-state index < -0.39 is 6.04 Å². The highest BCUT2D eigenvalue weighted by molar-refractivity contribution is 5.75. The molecule has 2 atom stereocenters. The molecule has 2 amide bonds. The first-order chi connectivity index (χ1) is 14.4. The summed E-state index contributed by atoms with van der Waals surface area (Å²) in [4.78, 5) is 17.4. The number of imidazole rings is 1. The Morgan fingerprint density at radius 3 is 2.40 bits per heavy atom. The molecule has 0 aliphatic carbocycles. The molecule has 1 aromatic heterocycles. The fraction of sp³-hybridized carbons (Fsp3) is 0.304. The number of carbonyl (C=O) groups is 1. The lowest BCUT2D eigenvalue weighted by atomic mass is 10.0. The van der Waals surface area contributed by atoms with Crippen LogP contribution < -0.4 is 20.1 Å². The monoisotopic (exact) mass is 408 g/mol. The lowest BCUT2D eigenvalue weighted by Gasteiger charge is -2.23. The largest absolute Gasteiger partial charge is 0.496 e. The van der Waals surface area contributed by atoms with Crippen molar-refractivity contribution in [3.63, 3.8) is 0 Å². The summed E-state index contributed by atoms with van der Waals surface area (Å²) >= 11 is 0. The second-order valence-corrected chi connectivity index (χ2v) is 7.16. The normalized spacial score (nSPS) is 12.7. The molecule has 0 unspecified atom stereocenters. The zero-order chi connectivity index (χ0) is 21.7. The van der Waals surface area contributed by atoms with Crippen molar-refractivity contribution in [2.75, 3.05) is 14.2 Å². The number of aryl methyl sites for hydroxylation is 2. The van der Waals surface area contributed by atoms with Gasteiger partial charge in [-0.05, 0) is 26.0 Å². The number of benzene rings is 2. The van der Waals surface area contributed by atoms with Crippen LogP contribution >= 0.6 is 0 Å². The van der Waals surface area contributed by atoms with Gasteiger partial charge in [-0.15, -0.1) is 0 Å². The van der Waals surface area contributed by atoms with Crippen LogP contribution in [0.4, 0.5) is 4.79 Å². The maximum atomic E-state index is 13.0. The maximum absolute atomic E-state index is 13.0. The predicted octanol–water partition coefficient (Wildman–Crippen LogP) is 3.90. The van der Waals surface area contributed by atoms with E-state index in [0.717, 1.165) is 22.4 Å². The van der Waals surface area contributed by atoms with Gasteiger partial charge in [0.25, 0.3) is 0 Å². The number of aromatic nitrogens is 2. The number of methoxy groups -OCH3 is 2. The highest BCUT2D eigenvalue weighted by Gasteiger charge is 2.25. The number of urea groups is 1. The smallest absolute Gasteiger partial charge is 0.316 e. The van der Waals surface area contributed by atoms with E-state index in [1.807, 2.05) is 74.1 Å². The number of nitrogens with one attached hydrogen (secondary N) is 2. The Bertz CT molecular complexity index is 1020. The minimum Gasteiger partial charge on any atom is -0.496 e. The highest BCUT2D eigenvalue weighted by Crippen LogP contribution is 2.30. The van der Waals surface area contributed by atoms with Crippen LogP contribution in [-0.2, 0) is 7.05 Å². The van der Waals surface area contributed by atoms with Crippen LogP contribution in [0.25, 0.3) is 0 Å². The molecular weight excluding hydrogens is 380 g/mol. The lowest BCUT2D eigenvalue weighted by molar-refractivity contribution is 0.234. The number of para-hydroxylation sites is 1. The molecule has 0 aliphatic heterocycles. The quantitative estimate of drug-likeness (QED) is 0.622. The Morgan fingerprint density at radius 2 is 1.73 bits per heavy atom. The summed E-state index contributed by atoms with van der Waals surface area (Å²) in [5, 5.41) is 6.06. The molecule has 1 heterocycles. The Balaban J connectivity index is 1.86. The Kier molecular flexibility index (Phi) is 6.61. The van der Waals surface area contributed by atoms with Crippen molar-refractivity contribution >= 4 is 6.03 Å². The van der Waals surface area contributed by atoms with Crippen molar-refractivity contribution in [2.24, 2.45) is 7.05 Å². The van der Waals surface area contributed by atoms with Crippen LogP contribution in [0.15, 0.2) is 54.9 Å². The predicted molar refractivity (Wildman–Crippen MR) is 116 cm³/mol. The molecule has 0 fully saturated rings. The number of rotatable bonds is 7. The van der Waals surface area contributed by atoms with Gasteiger partial charge in [-0.2, -0.15) is 0 Å². The fourth-order valence-electron chi connectivity index (χ4n) is 3.48. The molecule has 0 spiro atoms. The van der Waals surface area contributed by atoms with Gasteiger partial charge in [0.1, 0.15) is 23.4 Å². The van der Waals surface area contributed by atoms with Crippen molar-refractivity contribution in [3.05, 3.63) is 77.4 Å². The first-order valence-corrected chi connectivity index (χ1v) is 9.76. The van der Waals surface area contributed by atoms with Crippen molar-refractivity contribution in [1.29, 1.82) is 0 Å². The zero-order valence-electron chi connectivity index (χ0n) is 18.0. The van der Waals surface area contributed by atoms with Crippen molar-refractivity contribution in [1.82, 2.24) is 20.2 Å². The summed E-state index contributed by atoms with van der Waals surface area (Å²) < 4.78 is 12.9. The Morgan fingerprint density at radius 1 is 1.03 bits per heavy atom. The van der Waals surface area contributed by atoms with E-state index >= 15 is 0 Å². The first kappa shape index (κ1) is 21.2. The molecule has 30 heavy (non-hydrogen) atoms. The second-order valence-electron chi connectivity index (χ2n) is 7.16. The number of ether oxygens (including phenoxy) is 2. The average molecular weight is 409 g/mol. The van der Waals surface area contributed by atoms with Gasteiger partial charge >= 0.3 is 6.03 Å². The lowest BCUT2D eigenvalue weighted by Crippen LogP contribution is -2.40. The topological polar surface area (TPSA) is 77.4 Å². The van der Waals surface area contributed by atoms with Gasteiger partial charge < -0.3 is 24.7 Å². The molecule has 0 bridgehead atoms. The SMILES string of the molecule is COc1ccccc1[C@@H](NC(=O)N[C@@H](C)c1cc(C)ccc1OC)c1nccn1C. The van der Waals surface area contributed by atoms with Crippen LogP contribution in [0.3, 0.4) is 0 Å². The van der Waals surface area contributed by atoms with Gasteiger partial charge in [-0.25, -0.2) is 9.78 Å². The van der Waals surface area contributed by atoms with Crippen LogP contribution in [0.2, 0.25) is 0 Å². The Hall–Kier alpha value is -3.48. The summed E-state index contributed by atoms with van der Waals surface area (Å²) in [5.74, 6) is 2.12. The Labute approximate surface area is 177 Å². The van der Waals surface area contributed by atoms with Gasteiger partial charge in [0, 0.05) is 30.6 Å². The van der Waals surface area contributed by atoms with Crippen LogP contribution in [0.1, 0.15) is 41.5 Å². The third-order valence-electron chi connectivity index (χ3n) is 5.04. The number of amides is 2. The third kappa shape index (κ3) is 4.56. The molecular formula is C23H28N4O3. The summed E-state index contributed by atoms with van der Waals surface area (Å²) in [7, 11) is 5.13. The second kappa shape index (κ2) is 9.35. The van der Waals surface area contributed by atoms with Gasteiger partial charge in [0.2, 0.25) is 0 Å². The van der Waals surface area contributed by atoms with E-state index in [4.69, 9.17) is 9.47 Å². The van der Waals surface area contributed by atoms with Crippen LogP contribution in [-0.4, -0.2) is 29.8 Å². The van der Waals surface area contributed by atoms with E-state index in [0.29, 0.717) is 11.6 Å². The number of nitrogens with zero attached hydrogens (tertiary/aromatic N) is 2. The van der Waals surface area contributed by atoms with E-state index in [2.05, 4.69) is 15.6 Å². The van der Waals surface area contributed by atoms with Crippen LogP contribution in [0.5, 0.6) is 11.5 Å². The fourth-order valence-corrected chi connectivity index (χ4v) is 3.48.